The van der Waals surface area contributed by atoms with E-state index >= 15 is 30.7 Å². The highest BCUT2D eigenvalue weighted by molar-refractivity contribution is 6.12. The van der Waals surface area contributed by atoms with Crippen molar-refractivity contribution < 1.29 is 35.1 Å². The number of hydrogen-bond donors (Lipinski definition) is 0. The molecule has 0 fully saturated rings. The van der Waals surface area contributed by atoms with Gasteiger partial charge in [0.2, 0.25) is 5.82 Å². The van der Waals surface area contributed by atoms with Gasteiger partial charge in [0.05, 0.1) is 39.0 Å². The monoisotopic (exact) mass is 866 g/mol. The van der Waals surface area contributed by atoms with E-state index in [1.54, 1.807) is 24.3 Å². The highest BCUT2D eigenvalue weighted by Crippen LogP contribution is 2.48. The van der Waals surface area contributed by atoms with Gasteiger partial charge in [-0.05, 0) is 110 Å². The molecule has 0 aliphatic heterocycles. The second-order valence-electron chi connectivity index (χ2n) is 20.9. The van der Waals surface area contributed by atoms with Crippen LogP contribution in [0, 0.1) is 29.1 Å². The van der Waals surface area contributed by atoms with E-state index in [-0.39, 0.29) is 21.7 Å². The van der Waals surface area contributed by atoms with Crippen LogP contribution in [0.1, 0.15) is 111 Å². The molecule has 0 saturated heterocycles. The molecule has 0 spiro atoms. The van der Waals surface area contributed by atoms with Crippen molar-refractivity contribution >= 4 is 43.6 Å². The molecule has 2 heterocycles. The lowest BCUT2D eigenvalue weighted by Gasteiger charge is -2.24. The summed E-state index contributed by atoms with van der Waals surface area (Å²) in [5.74, 6) is -11.1. The first-order chi connectivity index (χ1) is 29.0. The Morgan fingerprint density at radius 2 is 0.603 bits per heavy atom. The Hall–Kier alpha value is -5.64. The maximum Gasteiger partial charge on any atom is 0.420 e. The Morgan fingerprint density at radius 3 is 0.841 bits per heavy atom. The fraction of sp³-hybridized carbons (Fsp3) is 0.321. The molecule has 0 N–H and O–H groups in total. The standard InChI is InChI=1S/C53H50F8N2/c1-49(2,3)28-13-17-36-32(23-28)33-24-29(50(4,5)6)14-18-37(33)62(36)40-21-27(42-44(54)46(56)48(58)47(57)45(42)55)22-41(43(40)53(59,60)61)63-38-19-15-30(51(7,8)9)25-34(38)35-26-31(52(10,11)12)16-20-39(35)63/h13-26H,1-12H3. The molecule has 328 valence electrons. The molecule has 0 unspecified atom stereocenters. The number of fused-ring (bicyclic) bond motifs is 6. The number of rotatable bonds is 3. The minimum atomic E-state index is -5.14. The van der Waals surface area contributed by atoms with Gasteiger partial charge in [-0.25, -0.2) is 22.0 Å². The summed E-state index contributed by atoms with van der Waals surface area (Å²) in [5.41, 5.74) is -0.626. The lowest BCUT2D eigenvalue weighted by Crippen LogP contribution is -2.17. The van der Waals surface area contributed by atoms with Crippen LogP contribution in [0.5, 0.6) is 0 Å². The first-order valence-corrected chi connectivity index (χ1v) is 21.0. The zero-order valence-electron chi connectivity index (χ0n) is 37.5. The van der Waals surface area contributed by atoms with Crippen molar-refractivity contribution in [2.75, 3.05) is 0 Å². The van der Waals surface area contributed by atoms with Gasteiger partial charge in [0.1, 0.15) is 5.56 Å². The van der Waals surface area contributed by atoms with Gasteiger partial charge in [0, 0.05) is 21.5 Å². The molecule has 2 nitrogen and oxygen atoms in total. The van der Waals surface area contributed by atoms with E-state index in [0.717, 1.165) is 34.4 Å². The SMILES string of the molecule is CC(C)(C)c1ccc2c(c1)c1cc(C(C)(C)C)ccc1n2-c1cc(-c2c(F)c(F)c(F)c(F)c2F)cc(-n2c3ccc(C(C)(C)C)cc3c3cc(C(C)(C)C)ccc32)c1C(F)(F)F. The number of aromatic nitrogens is 2. The third kappa shape index (κ3) is 7.17. The molecule has 0 bridgehead atoms. The summed E-state index contributed by atoms with van der Waals surface area (Å²) < 4.78 is 129. The van der Waals surface area contributed by atoms with Crippen molar-refractivity contribution in [3.63, 3.8) is 0 Å². The van der Waals surface area contributed by atoms with Crippen LogP contribution in [0.3, 0.4) is 0 Å². The smallest absolute Gasteiger partial charge is 0.309 e. The number of nitrogens with zero attached hydrogens (tertiary/aromatic N) is 2. The first kappa shape index (κ1) is 44.0. The number of benzene rings is 6. The number of hydrogen-bond acceptors (Lipinski definition) is 0. The molecule has 0 amide bonds. The molecule has 10 heteroatoms. The normalized spacial score (nSPS) is 13.4. The van der Waals surface area contributed by atoms with Crippen LogP contribution < -0.4 is 0 Å². The quantitative estimate of drug-likeness (QED) is 0.0951. The Morgan fingerprint density at radius 1 is 0.349 bits per heavy atom. The van der Waals surface area contributed by atoms with E-state index in [0.29, 0.717) is 43.6 Å². The van der Waals surface area contributed by atoms with E-state index in [1.807, 2.05) is 132 Å². The highest BCUT2D eigenvalue weighted by atomic mass is 19.4. The molecule has 0 aliphatic carbocycles. The van der Waals surface area contributed by atoms with E-state index in [9.17, 15) is 4.39 Å². The maximum absolute atomic E-state index is 16.5. The molecule has 2 aromatic heterocycles. The lowest BCUT2D eigenvalue weighted by molar-refractivity contribution is -0.137. The molecule has 0 aliphatic rings. The third-order valence-corrected chi connectivity index (χ3v) is 12.4. The second-order valence-corrected chi connectivity index (χ2v) is 20.9. The molecule has 8 rings (SSSR count). The van der Waals surface area contributed by atoms with Crippen molar-refractivity contribution in [3.05, 3.63) is 142 Å². The van der Waals surface area contributed by atoms with E-state index in [2.05, 4.69) is 0 Å². The van der Waals surface area contributed by atoms with E-state index < -0.39 is 63.3 Å². The van der Waals surface area contributed by atoms with Crippen molar-refractivity contribution in [2.24, 2.45) is 0 Å². The number of halogens is 8. The molecule has 0 atom stereocenters. The summed E-state index contributed by atoms with van der Waals surface area (Å²) in [5, 5.41) is 2.50. The van der Waals surface area contributed by atoms with E-state index in [4.69, 9.17) is 0 Å². The maximum atomic E-state index is 16.5. The minimum absolute atomic E-state index is 0.349. The van der Waals surface area contributed by atoms with Gasteiger partial charge in [-0.2, -0.15) is 13.2 Å². The summed E-state index contributed by atoms with van der Waals surface area (Å²) in [7, 11) is 0. The van der Waals surface area contributed by atoms with Crippen LogP contribution in [0.4, 0.5) is 35.1 Å². The van der Waals surface area contributed by atoms with Gasteiger partial charge in [-0.3, -0.25) is 0 Å². The van der Waals surface area contributed by atoms with Crippen LogP contribution >= 0.6 is 0 Å². The first-order valence-electron chi connectivity index (χ1n) is 21.0. The van der Waals surface area contributed by atoms with E-state index in [1.165, 1.54) is 9.13 Å². The lowest BCUT2D eigenvalue weighted by atomic mass is 9.85. The molecule has 0 radical (unpaired) electrons. The minimum Gasteiger partial charge on any atom is -0.309 e. The van der Waals surface area contributed by atoms with Crippen LogP contribution in [0.2, 0.25) is 0 Å². The molecule has 0 saturated carbocycles. The fourth-order valence-corrected chi connectivity index (χ4v) is 8.69. The van der Waals surface area contributed by atoms with Gasteiger partial charge in [-0.1, -0.05) is 107 Å². The predicted molar refractivity (Wildman–Crippen MR) is 240 cm³/mol. The van der Waals surface area contributed by atoms with Crippen LogP contribution in [-0.4, -0.2) is 9.13 Å². The topological polar surface area (TPSA) is 9.86 Å². The Balaban J connectivity index is 1.63. The summed E-state index contributed by atoms with van der Waals surface area (Å²) in [4.78, 5) is 0. The predicted octanol–water partition coefficient (Wildman–Crippen LogP) is 16.5. The zero-order valence-corrected chi connectivity index (χ0v) is 37.5. The largest absolute Gasteiger partial charge is 0.420 e. The Bertz CT molecular complexity index is 2850. The number of alkyl halides is 3. The summed E-state index contributed by atoms with van der Waals surface area (Å²) in [6.07, 6.45) is -5.14. The fourth-order valence-electron chi connectivity index (χ4n) is 8.69. The van der Waals surface area contributed by atoms with Gasteiger partial charge in [0.25, 0.3) is 0 Å². The summed E-state index contributed by atoms with van der Waals surface area (Å²) in [6, 6.07) is 23.8. The molecular formula is C53H50F8N2. The summed E-state index contributed by atoms with van der Waals surface area (Å²) in [6.45, 7) is 24.3. The van der Waals surface area contributed by atoms with Crippen molar-refractivity contribution in [1.82, 2.24) is 9.13 Å². The highest BCUT2D eigenvalue weighted by Gasteiger charge is 2.41. The van der Waals surface area contributed by atoms with Gasteiger partial charge in [-0.15, -0.1) is 0 Å². The van der Waals surface area contributed by atoms with Crippen LogP contribution in [0.25, 0.3) is 66.1 Å². The Kier molecular flexibility index (Phi) is 9.90. The average molecular weight is 867 g/mol. The third-order valence-electron chi connectivity index (χ3n) is 12.4. The van der Waals surface area contributed by atoms with Crippen molar-refractivity contribution in [2.45, 2.75) is 111 Å². The van der Waals surface area contributed by atoms with Crippen LogP contribution in [-0.2, 0) is 27.8 Å². The zero-order chi connectivity index (χ0) is 46.3. The second kappa shape index (κ2) is 14.2. The molecule has 6 aromatic carbocycles. The summed E-state index contributed by atoms with van der Waals surface area (Å²) >= 11 is 0. The van der Waals surface area contributed by atoms with Crippen molar-refractivity contribution in [3.8, 4) is 22.5 Å². The van der Waals surface area contributed by atoms with Gasteiger partial charge in [0.15, 0.2) is 23.3 Å². The molecule has 8 aromatic rings. The van der Waals surface area contributed by atoms with Crippen LogP contribution in [0.15, 0.2) is 84.9 Å². The Labute approximate surface area is 362 Å². The van der Waals surface area contributed by atoms with Gasteiger partial charge >= 0.3 is 6.18 Å². The average Bonchev–Trinajstić information content (AvgIpc) is 3.68. The van der Waals surface area contributed by atoms with Gasteiger partial charge < -0.3 is 9.13 Å². The molecular weight excluding hydrogens is 817 g/mol. The molecule has 63 heavy (non-hydrogen) atoms. The van der Waals surface area contributed by atoms with Crippen molar-refractivity contribution in [1.29, 1.82) is 0 Å².